The number of hydrogen-bond donors (Lipinski definition) is 0. The van der Waals surface area contributed by atoms with Crippen LogP contribution in [0.1, 0.15) is 46.5 Å². The van der Waals surface area contributed by atoms with Crippen LogP contribution in [0.2, 0.25) is 18.1 Å². The first-order valence-corrected chi connectivity index (χ1v) is 12.5. The molecule has 0 radical (unpaired) electrons. The number of hydrogen-bond acceptors (Lipinski definition) is 3. The molecule has 1 aromatic carbocycles. The van der Waals surface area contributed by atoms with Crippen molar-refractivity contribution in [3.63, 3.8) is 0 Å². The SMILES string of the molecule is COc1ccc(Br)c(OC2CCC(O[Si](C)(C)C(C)(C)C)CC2)c1. The molecule has 2 rings (SSSR count). The van der Waals surface area contributed by atoms with Gasteiger partial charge in [-0.25, -0.2) is 0 Å². The third-order valence-electron chi connectivity index (χ3n) is 5.32. The Hall–Kier alpha value is -0.523. The lowest BCUT2D eigenvalue weighted by Gasteiger charge is -2.41. The van der Waals surface area contributed by atoms with E-state index < -0.39 is 8.32 Å². The minimum absolute atomic E-state index is 0.257. The fraction of sp³-hybridized carbons (Fsp3) is 0.684. The Bertz CT molecular complexity index is 546. The highest BCUT2D eigenvalue weighted by Crippen LogP contribution is 2.39. The maximum atomic E-state index is 6.56. The topological polar surface area (TPSA) is 27.7 Å². The van der Waals surface area contributed by atoms with Crippen molar-refractivity contribution < 1.29 is 13.9 Å². The zero-order valence-electron chi connectivity index (χ0n) is 15.8. The number of benzene rings is 1. The lowest BCUT2D eigenvalue weighted by molar-refractivity contribution is 0.0721. The number of ether oxygens (including phenoxy) is 2. The molecule has 1 saturated carbocycles. The Kier molecular flexibility index (Phi) is 6.43. The van der Waals surface area contributed by atoms with Gasteiger partial charge in [-0.05, 0) is 71.9 Å². The van der Waals surface area contributed by atoms with Crippen LogP contribution in [0.5, 0.6) is 11.5 Å². The van der Waals surface area contributed by atoms with E-state index in [1.54, 1.807) is 7.11 Å². The van der Waals surface area contributed by atoms with Gasteiger partial charge >= 0.3 is 0 Å². The minimum Gasteiger partial charge on any atom is -0.497 e. The number of rotatable bonds is 5. The molecule has 0 aromatic heterocycles. The van der Waals surface area contributed by atoms with Crippen LogP contribution in [0, 0.1) is 0 Å². The number of methoxy groups -OCH3 is 1. The highest BCUT2D eigenvalue weighted by molar-refractivity contribution is 9.10. The monoisotopic (exact) mass is 414 g/mol. The molecule has 1 fully saturated rings. The van der Waals surface area contributed by atoms with Crippen LogP contribution in [0.4, 0.5) is 0 Å². The van der Waals surface area contributed by atoms with E-state index in [0.717, 1.165) is 41.7 Å². The van der Waals surface area contributed by atoms with Gasteiger partial charge < -0.3 is 13.9 Å². The molecule has 24 heavy (non-hydrogen) atoms. The summed E-state index contributed by atoms with van der Waals surface area (Å²) in [7, 11) is 0.00239. The Morgan fingerprint density at radius 3 is 2.17 bits per heavy atom. The Balaban J connectivity index is 1.89. The van der Waals surface area contributed by atoms with Crippen LogP contribution in [-0.2, 0) is 4.43 Å². The van der Waals surface area contributed by atoms with Crippen molar-refractivity contribution >= 4 is 24.2 Å². The molecular weight excluding hydrogens is 384 g/mol. The van der Waals surface area contributed by atoms with Gasteiger partial charge in [0.25, 0.3) is 0 Å². The van der Waals surface area contributed by atoms with Crippen LogP contribution in [0.15, 0.2) is 22.7 Å². The average molecular weight is 415 g/mol. The third-order valence-corrected chi connectivity index (χ3v) is 10.5. The summed E-state index contributed by atoms with van der Waals surface area (Å²) in [5.41, 5.74) is 0. The maximum absolute atomic E-state index is 6.56. The second kappa shape index (κ2) is 7.79. The van der Waals surface area contributed by atoms with Crippen LogP contribution in [0.25, 0.3) is 0 Å². The van der Waals surface area contributed by atoms with Crippen LogP contribution in [-0.4, -0.2) is 27.6 Å². The third kappa shape index (κ3) is 4.99. The van der Waals surface area contributed by atoms with E-state index in [1.165, 1.54) is 0 Å². The van der Waals surface area contributed by atoms with Crippen molar-refractivity contribution in [2.75, 3.05) is 7.11 Å². The first-order valence-electron chi connectivity index (χ1n) is 8.80. The molecule has 0 spiro atoms. The normalized spacial score (nSPS) is 22.3. The van der Waals surface area contributed by atoms with E-state index in [4.69, 9.17) is 13.9 Å². The summed E-state index contributed by atoms with van der Waals surface area (Å²) in [5, 5.41) is 0.270. The van der Waals surface area contributed by atoms with Gasteiger partial charge in [-0.15, -0.1) is 0 Å². The molecule has 1 aromatic rings. The van der Waals surface area contributed by atoms with Crippen LogP contribution in [0.3, 0.4) is 0 Å². The van der Waals surface area contributed by atoms with Crippen molar-refractivity contribution in [3.05, 3.63) is 22.7 Å². The van der Waals surface area contributed by atoms with Gasteiger partial charge in [-0.1, -0.05) is 20.8 Å². The van der Waals surface area contributed by atoms with E-state index in [1.807, 2.05) is 18.2 Å². The quantitative estimate of drug-likeness (QED) is 0.539. The summed E-state index contributed by atoms with van der Waals surface area (Å²) in [5.74, 6) is 1.69. The molecule has 0 saturated heterocycles. The van der Waals surface area contributed by atoms with Crippen LogP contribution < -0.4 is 9.47 Å². The van der Waals surface area contributed by atoms with Crippen molar-refractivity contribution in [1.82, 2.24) is 0 Å². The average Bonchev–Trinajstić information content (AvgIpc) is 2.50. The van der Waals surface area contributed by atoms with Crippen LogP contribution >= 0.6 is 15.9 Å². The molecule has 0 N–H and O–H groups in total. The summed E-state index contributed by atoms with van der Waals surface area (Å²) in [4.78, 5) is 0. The largest absolute Gasteiger partial charge is 0.497 e. The zero-order valence-corrected chi connectivity index (χ0v) is 18.4. The predicted molar refractivity (Wildman–Crippen MR) is 106 cm³/mol. The lowest BCUT2D eigenvalue weighted by Crippen LogP contribution is -2.45. The first kappa shape index (κ1) is 19.8. The fourth-order valence-corrected chi connectivity index (χ4v) is 4.50. The van der Waals surface area contributed by atoms with Crippen molar-refractivity contribution in [3.8, 4) is 11.5 Å². The van der Waals surface area contributed by atoms with E-state index in [9.17, 15) is 0 Å². The van der Waals surface area contributed by atoms with Crippen molar-refractivity contribution in [1.29, 1.82) is 0 Å². The molecule has 5 heteroatoms. The molecule has 1 aliphatic rings. The van der Waals surface area contributed by atoms with E-state index in [-0.39, 0.29) is 11.1 Å². The van der Waals surface area contributed by atoms with Gasteiger partial charge in [0.1, 0.15) is 11.5 Å². The standard InChI is InChI=1S/C19H31BrO3Si/c1-19(2,3)24(5,6)23-15-9-7-14(8-10-15)22-18-13-16(21-4)11-12-17(18)20/h11-15H,7-10H2,1-6H3. The van der Waals surface area contributed by atoms with Gasteiger partial charge in [-0.3, -0.25) is 0 Å². The molecule has 0 unspecified atom stereocenters. The maximum Gasteiger partial charge on any atom is 0.192 e. The summed E-state index contributed by atoms with van der Waals surface area (Å²) in [6, 6.07) is 5.85. The summed E-state index contributed by atoms with van der Waals surface area (Å²) < 4.78 is 19.0. The van der Waals surface area contributed by atoms with E-state index >= 15 is 0 Å². The molecule has 0 heterocycles. The Morgan fingerprint density at radius 2 is 1.62 bits per heavy atom. The zero-order chi connectivity index (χ0) is 18.0. The summed E-state index contributed by atoms with van der Waals surface area (Å²) in [6.45, 7) is 11.6. The number of halogens is 1. The smallest absolute Gasteiger partial charge is 0.192 e. The van der Waals surface area contributed by atoms with Gasteiger partial charge in [0.05, 0.1) is 17.7 Å². The molecule has 3 nitrogen and oxygen atoms in total. The van der Waals surface area contributed by atoms with Gasteiger partial charge in [0.2, 0.25) is 0 Å². The van der Waals surface area contributed by atoms with Gasteiger partial charge in [-0.2, -0.15) is 0 Å². The Labute approximate surface area is 156 Å². The molecule has 0 atom stereocenters. The van der Waals surface area contributed by atoms with Gasteiger partial charge in [0.15, 0.2) is 8.32 Å². The molecule has 1 aliphatic carbocycles. The second-order valence-electron chi connectivity index (χ2n) is 8.19. The molecular formula is C19H31BrO3Si. The lowest BCUT2D eigenvalue weighted by atomic mass is 9.95. The van der Waals surface area contributed by atoms with Crippen molar-refractivity contribution in [2.45, 2.75) is 76.8 Å². The summed E-state index contributed by atoms with van der Waals surface area (Å²) >= 11 is 3.56. The fourth-order valence-electron chi connectivity index (χ4n) is 2.74. The summed E-state index contributed by atoms with van der Waals surface area (Å²) in [6.07, 6.45) is 4.90. The molecule has 0 aliphatic heterocycles. The molecule has 0 bridgehead atoms. The predicted octanol–water partition coefficient (Wildman–Crippen LogP) is 6.17. The highest BCUT2D eigenvalue weighted by Gasteiger charge is 2.40. The second-order valence-corrected chi connectivity index (χ2v) is 13.8. The van der Waals surface area contributed by atoms with Crippen molar-refractivity contribution in [2.24, 2.45) is 0 Å². The van der Waals surface area contributed by atoms with E-state index in [2.05, 4.69) is 49.8 Å². The molecule has 136 valence electrons. The van der Waals surface area contributed by atoms with Gasteiger partial charge in [0, 0.05) is 12.2 Å². The Morgan fingerprint density at radius 1 is 1.04 bits per heavy atom. The van der Waals surface area contributed by atoms with E-state index in [0.29, 0.717) is 6.10 Å². The first-order chi connectivity index (χ1) is 11.1. The highest BCUT2D eigenvalue weighted by atomic mass is 79.9. The minimum atomic E-state index is -1.67. The molecule has 0 amide bonds.